The molecule has 2 unspecified atom stereocenters. The van der Waals surface area contributed by atoms with Crippen molar-refractivity contribution in [2.75, 3.05) is 7.11 Å². The Kier molecular flexibility index (Phi) is 4.45. The molecule has 2 rings (SSSR count). The summed E-state index contributed by atoms with van der Waals surface area (Å²) in [6.45, 7) is 3.91. The summed E-state index contributed by atoms with van der Waals surface area (Å²) >= 11 is 0. The maximum Gasteiger partial charge on any atom is 0.308 e. The molecule has 0 aliphatic carbocycles. The van der Waals surface area contributed by atoms with Crippen LogP contribution in [0.5, 0.6) is 0 Å². The zero-order chi connectivity index (χ0) is 14.6. The van der Waals surface area contributed by atoms with Crippen molar-refractivity contribution in [3.8, 4) is 0 Å². The van der Waals surface area contributed by atoms with Gasteiger partial charge in [0.25, 0.3) is 0 Å². The smallest absolute Gasteiger partial charge is 0.308 e. The number of hydrogen-bond acceptors (Lipinski definition) is 4. The summed E-state index contributed by atoms with van der Waals surface area (Å²) < 4.78 is 4.70. The van der Waals surface area contributed by atoms with Crippen molar-refractivity contribution in [1.82, 2.24) is 0 Å². The highest BCUT2D eigenvalue weighted by molar-refractivity contribution is 5.70. The molecular weight excluding hydrogens is 256 g/mol. The van der Waals surface area contributed by atoms with Crippen LogP contribution in [0.2, 0.25) is 0 Å². The molecule has 110 valence electrons. The molecule has 1 heterocycles. The van der Waals surface area contributed by atoms with Gasteiger partial charge in [0.05, 0.1) is 13.5 Å². The molecule has 2 atom stereocenters. The zero-order valence-corrected chi connectivity index (χ0v) is 12.3. The summed E-state index contributed by atoms with van der Waals surface area (Å²) in [4.78, 5) is 22.3. The molecule has 0 bridgehead atoms. The summed E-state index contributed by atoms with van der Waals surface area (Å²) in [6.07, 6.45) is 2.68. The number of ether oxygens (including phenoxy) is 1. The SMILES string of the molecule is COC(=O)CC1(C)CC(C)(CCc2ccccc2)OO1. The zero-order valence-electron chi connectivity index (χ0n) is 12.3. The summed E-state index contributed by atoms with van der Waals surface area (Å²) in [5.74, 6) is -0.275. The van der Waals surface area contributed by atoms with Gasteiger partial charge in [0.1, 0.15) is 11.2 Å². The van der Waals surface area contributed by atoms with Gasteiger partial charge in [0.15, 0.2) is 0 Å². The van der Waals surface area contributed by atoms with E-state index in [1.54, 1.807) is 0 Å². The fourth-order valence-electron chi connectivity index (χ4n) is 2.70. The van der Waals surface area contributed by atoms with Crippen molar-refractivity contribution in [3.05, 3.63) is 35.9 Å². The van der Waals surface area contributed by atoms with Crippen molar-refractivity contribution in [1.29, 1.82) is 0 Å². The van der Waals surface area contributed by atoms with Crippen molar-refractivity contribution in [3.63, 3.8) is 0 Å². The molecule has 4 nitrogen and oxygen atoms in total. The fourth-order valence-corrected chi connectivity index (χ4v) is 2.70. The average molecular weight is 278 g/mol. The van der Waals surface area contributed by atoms with E-state index >= 15 is 0 Å². The minimum absolute atomic E-state index is 0.213. The van der Waals surface area contributed by atoms with Crippen LogP contribution in [-0.4, -0.2) is 24.3 Å². The number of aryl methyl sites for hydroxylation is 1. The lowest BCUT2D eigenvalue weighted by atomic mass is 9.84. The van der Waals surface area contributed by atoms with Crippen LogP contribution in [0, 0.1) is 0 Å². The third-order valence-electron chi connectivity index (χ3n) is 3.72. The van der Waals surface area contributed by atoms with E-state index in [2.05, 4.69) is 12.1 Å². The van der Waals surface area contributed by atoms with Crippen molar-refractivity contribution in [2.45, 2.75) is 50.7 Å². The van der Waals surface area contributed by atoms with E-state index < -0.39 is 5.60 Å². The second-order valence-corrected chi connectivity index (χ2v) is 5.98. The first-order chi connectivity index (χ1) is 9.45. The Balaban J connectivity index is 1.91. The van der Waals surface area contributed by atoms with Gasteiger partial charge < -0.3 is 4.74 Å². The molecule has 0 aromatic heterocycles. The van der Waals surface area contributed by atoms with Gasteiger partial charge in [0, 0.05) is 6.42 Å². The van der Waals surface area contributed by atoms with Gasteiger partial charge in [-0.15, -0.1) is 0 Å². The quantitative estimate of drug-likeness (QED) is 0.613. The molecule has 1 aromatic carbocycles. The average Bonchev–Trinajstić information content (AvgIpc) is 2.74. The highest BCUT2D eigenvalue weighted by atomic mass is 17.2. The molecule has 4 heteroatoms. The van der Waals surface area contributed by atoms with Crippen molar-refractivity contribution < 1.29 is 19.3 Å². The van der Waals surface area contributed by atoms with Crippen molar-refractivity contribution >= 4 is 5.97 Å². The molecule has 0 amide bonds. The Labute approximate surface area is 120 Å². The monoisotopic (exact) mass is 278 g/mol. The molecule has 0 spiro atoms. The number of carbonyl (C=O) groups is 1. The molecule has 1 aliphatic rings. The molecule has 20 heavy (non-hydrogen) atoms. The van der Waals surface area contributed by atoms with Crippen LogP contribution in [-0.2, 0) is 25.7 Å². The normalized spacial score (nSPS) is 29.4. The number of hydrogen-bond donors (Lipinski definition) is 0. The fraction of sp³-hybridized carbons (Fsp3) is 0.562. The summed E-state index contributed by atoms with van der Waals surface area (Å²) in [5.41, 5.74) is 0.316. The summed E-state index contributed by atoms with van der Waals surface area (Å²) in [5, 5.41) is 0. The highest BCUT2D eigenvalue weighted by Gasteiger charge is 2.47. The molecule has 0 N–H and O–H groups in total. The number of esters is 1. The molecule has 1 saturated heterocycles. The Morgan fingerprint density at radius 3 is 2.50 bits per heavy atom. The van der Waals surface area contributed by atoms with Crippen LogP contribution in [0.3, 0.4) is 0 Å². The first kappa shape index (κ1) is 15.0. The third-order valence-corrected chi connectivity index (χ3v) is 3.72. The minimum atomic E-state index is -0.599. The van der Waals surface area contributed by atoms with E-state index in [1.807, 2.05) is 32.0 Å². The number of methoxy groups -OCH3 is 1. The van der Waals surface area contributed by atoms with Gasteiger partial charge in [-0.25, -0.2) is 9.78 Å². The molecule has 0 radical (unpaired) electrons. The van der Waals surface area contributed by atoms with Gasteiger partial charge in [-0.1, -0.05) is 30.3 Å². The van der Waals surface area contributed by atoms with Crippen LogP contribution in [0.25, 0.3) is 0 Å². The van der Waals surface area contributed by atoms with Gasteiger partial charge in [0.2, 0.25) is 0 Å². The van der Waals surface area contributed by atoms with E-state index in [1.165, 1.54) is 12.7 Å². The largest absolute Gasteiger partial charge is 0.469 e. The first-order valence-electron chi connectivity index (χ1n) is 6.92. The number of rotatable bonds is 5. The highest BCUT2D eigenvalue weighted by Crippen LogP contribution is 2.40. The predicted molar refractivity (Wildman–Crippen MR) is 75.0 cm³/mol. The van der Waals surface area contributed by atoms with Crippen LogP contribution < -0.4 is 0 Å². The third kappa shape index (κ3) is 3.81. The summed E-state index contributed by atoms with van der Waals surface area (Å²) in [7, 11) is 1.39. The Hall–Kier alpha value is -1.39. The number of carbonyl (C=O) groups excluding carboxylic acids is 1. The first-order valence-corrected chi connectivity index (χ1v) is 6.92. The Bertz CT molecular complexity index is 459. The van der Waals surface area contributed by atoms with Gasteiger partial charge >= 0.3 is 5.97 Å². The maximum atomic E-state index is 11.4. The second kappa shape index (κ2) is 5.94. The molecule has 1 aromatic rings. The lowest BCUT2D eigenvalue weighted by molar-refractivity contribution is -0.345. The molecule has 0 saturated carbocycles. The van der Waals surface area contributed by atoms with E-state index in [9.17, 15) is 4.79 Å². The van der Waals surface area contributed by atoms with Gasteiger partial charge in [-0.05, 0) is 32.3 Å². The molecular formula is C16H22O4. The molecule has 1 aliphatic heterocycles. The lowest BCUT2D eigenvalue weighted by Gasteiger charge is -2.22. The van der Waals surface area contributed by atoms with Crippen LogP contribution in [0.15, 0.2) is 30.3 Å². The Morgan fingerprint density at radius 1 is 1.20 bits per heavy atom. The van der Waals surface area contributed by atoms with E-state index in [-0.39, 0.29) is 18.0 Å². The van der Waals surface area contributed by atoms with E-state index in [0.717, 1.165) is 12.8 Å². The lowest BCUT2D eigenvalue weighted by Crippen LogP contribution is -2.31. The van der Waals surface area contributed by atoms with Crippen LogP contribution in [0.1, 0.15) is 38.7 Å². The molecule has 1 fully saturated rings. The summed E-state index contributed by atoms with van der Waals surface area (Å²) in [6, 6.07) is 10.3. The van der Waals surface area contributed by atoms with Gasteiger partial charge in [-0.3, -0.25) is 4.79 Å². The standard InChI is InChI=1S/C16H22O4/c1-15(10-9-13-7-5-4-6-8-13)12-16(2,20-19-15)11-14(17)18-3/h4-8H,9-12H2,1-3H3. The van der Waals surface area contributed by atoms with E-state index in [4.69, 9.17) is 14.5 Å². The van der Waals surface area contributed by atoms with Crippen LogP contribution >= 0.6 is 0 Å². The van der Waals surface area contributed by atoms with Crippen molar-refractivity contribution in [2.24, 2.45) is 0 Å². The van der Waals surface area contributed by atoms with Gasteiger partial charge in [-0.2, -0.15) is 0 Å². The van der Waals surface area contributed by atoms with Crippen LogP contribution in [0.4, 0.5) is 0 Å². The minimum Gasteiger partial charge on any atom is -0.469 e. The number of benzene rings is 1. The Morgan fingerprint density at radius 2 is 1.85 bits per heavy atom. The second-order valence-electron chi connectivity index (χ2n) is 5.98. The van der Waals surface area contributed by atoms with E-state index in [0.29, 0.717) is 6.42 Å². The topological polar surface area (TPSA) is 44.8 Å². The maximum absolute atomic E-state index is 11.4. The predicted octanol–water partition coefficient (Wildman–Crippen LogP) is 3.05.